The lowest BCUT2D eigenvalue weighted by molar-refractivity contribution is -0.133. The average molecular weight is 851 g/mol. The van der Waals surface area contributed by atoms with E-state index in [1.54, 1.807) is 12.1 Å². The standard InChI is InChI=1S/C49H55FN10O3/c1-56-39(28-41-40(12-17-51-47(41)56)36-6-8-43-37(26-36)29-52-55-43)31-57-18-15-34(16-19-57)33-2-4-35(5-3-33)49(63)60-20-13-32(14-21-60)30-58-22-24-59(25-23-58)45-10-7-38(27-42(45)50)53-44-9-11-46(61)54-48(44)62/h2-8,10,12,17,26-29,32,34,44,53H,9,11,13-16,18-25,30-31H2,1H3,(H,52,55)(H,54,61,62)/t44-/m1/s1. The van der Waals surface area contributed by atoms with Gasteiger partial charge < -0.3 is 19.7 Å². The zero-order chi connectivity index (χ0) is 43.0. The third-order valence-corrected chi connectivity index (χ3v) is 14.0. The molecule has 0 spiro atoms. The Hall–Kier alpha value is -6.12. The molecule has 3 N–H and O–H groups in total. The molecule has 13 nitrogen and oxygen atoms in total. The lowest BCUT2D eigenvalue weighted by Gasteiger charge is -2.39. The van der Waals surface area contributed by atoms with E-state index < -0.39 is 6.04 Å². The maximum absolute atomic E-state index is 15.2. The molecule has 4 fully saturated rings. The van der Waals surface area contributed by atoms with Crippen molar-refractivity contribution in [2.75, 3.05) is 69.1 Å². The van der Waals surface area contributed by atoms with Gasteiger partial charge in [0.05, 0.1) is 17.4 Å². The van der Waals surface area contributed by atoms with E-state index in [-0.39, 0.29) is 30.0 Å². The molecule has 3 aromatic carbocycles. The van der Waals surface area contributed by atoms with Crippen molar-refractivity contribution < 1.29 is 18.8 Å². The molecule has 3 aromatic heterocycles. The number of fused-ring (bicyclic) bond motifs is 2. The van der Waals surface area contributed by atoms with Crippen LogP contribution in [0.25, 0.3) is 33.1 Å². The number of piperazine rings is 1. The molecule has 4 aliphatic heterocycles. The number of likely N-dealkylation sites (tertiary alicyclic amines) is 2. The number of benzene rings is 3. The van der Waals surface area contributed by atoms with Crippen molar-refractivity contribution in [2.45, 2.75) is 57.0 Å². The van der Waals surface area contributed by atoms with Crippen molar-refractivity contribution in [1.82, 2.24) is 39.8 Å². The van der Waals surface area contributed by atoms with Crippen molar-refractivity contribution in [2.24, 2.45) is 13.0 Å². The summed E-state index contributed by atoms with van der Waals surface area (Å²) < 4.78 is 17.5. The summed E-state index contributed by atoms with van der Waals surface area (Å²) in [5.41, 5.74) is 8.82. The van der Waals surface area contributed by atoms with Crippen molar-refractivity contribution >= 4 is 51.0 Å². The summed E-state index contributed by atoms with van der Waals surface area (Å²) in [6.45, 7) is 8.64. The molecule has 63 heavy (non-hydrogen) atoms. The van der Waals surface area contributed by atoms with Crippen LogP contribution in [0.5, 0.6) is 0 Å². The highest BCUT2D eigenvalue weighted by molar-refractivity contribution is 6.01. The van der Waals surface area contributed by atoms with Crippen molar-refractivity contribution in [3.05, 3.63) is 108 Å². The second kappa shape index (κ2) is 17.6. The molecule has 1 atom stereocenters. The van der Waals surface area contributed by atoms with Crippen LogP contribution in [-0.2, 0) is 23.2 Å². The van der Waals surface area contributed by atoms with E-state index >= 15 is 4.39 Å². The minimum Gasteiger partial charge on any atom is -0.374 e. The van der Waals surface area contributed by atoms with Crippen LogP contribution >= 0.6 is 0 Å². The summed E-state index contributed by atoms with van der Waals surface area (Å²) in [5.74, 6) is 0.162. The minimum absolute atomic E-state index is 0.124. The number of carbonyl (C=O) groups is 3. The van der Waals surface area contributed by atoms with E-state index in [0.717, 1.165) is 119 Å². The van der Waals surface area contributed by atoms with Crippen LogP contribution in [0.1, 0.15) is 66.1 Å². The number of aromatic amines is 1. The lowest BCUT2D eigenvalue weighted by atomic mass is 9.88. The molecule has 6 aromatic rings. The predicted octanol–water partition coefficient (Wildman–Crippen LogP) is 6.53. The number of halogens is 1. The summed E-state index contributed by atoms with van der Waals surface area (Å²) in [7, 11) is 2.12. The number of hydrogen-bond acceptors (Lipinski definition) is 9. The highest BCUT2D eigenvalue weighted by atomic mass is 19.1. The number of amides is 3. The Kier molecular flexibility index (Phi) is 11.4. The minimum atomic E-state index is -0.548. The van der Waals surface area contributed by atoms with Crippen LogP contribution in [0.15, 0.2) is 85.2 Å². The van der Waals surface area contributed by atoms with E-state index in [1.807, 2.05) is 29.4 Å². The first-order valence-electron chi connectivity index (χ1n) is 22.6. The Morgan fingerprint density at radius 1 is 0.841 bits per heavy atom. The number of piperidine rings is 3. The van der Waals surface area contributed by atoms with Crippen molar-refractivity contribution in [3.8, 4) is 11.1 Å². The highest BCUT2D eigenvalue weighted by Crippen LogP contribution is 2.34. The Balaban J connectivity index is 0.664. The zero-order valence-electron chi connectivity index (χ0n) is 35.9. The third-order valence-electron chi connectivity index (χ3n) is 14.0. The largest absolute Gasteiger partial charge is 0.374 e. The zero-order valence-corrected chi connectivity index (χ0v) is 35.9. The number of aryl methyl sites for hydroxylation is 1. The topological polar surface area (TPSA) is 135 Å². The summed E-state index contributed by atoms with van der Waals surface area (Å²) in [4.78, 5) is 51.1. The normalized spacial score (nSPS) is 19.9. The quantitative estimate of drug-likeness (QED) is 0.132. The van der Waals surface area contributed by atoms with Gasteiger partial charge in [0.1, 0.15) is 17.5 Å². The first-order chi connectivity index (χ1) is 30.7. The summed E-state index contributed by atoms with van der Waals surface area (Å²) in [6.07, 6.45) is 8.58. The number of nitrogens with one attached hydrogen (secondary N) is 3. The average Bonchev–Trinajstić information content (AvgIpc) is 3.91. The third kappa shape index (κ3) is 8.66. The van der Waals surface area contributed by atoms with E-state index in [9.17, 15) is 14.4 Å². The molecular formula is C49H55FN10O3. The highest BCUT2D eigenvalue weighted by Gasteiger charge is 2.30. The molecular weight excluding hydrogens is 796 g/mol. The van der Waals surface area contributed by atoms with Gasteiger partial charge in [0.25, 0.3) is 5.91 Å². The first-order valence-corrected chi connectivity index (χ1v) is 22.6. The van der Waals surface area contributed by atoms with E-state index in [1.165, 1.54) is 28.3 Å². The number of H-pyrrole nitrogens is 1. The molecule has 4 aliphatic rings. The van der Waals surface area contributed by atoms with Crippen molar-refractivity contribution in [1.29, 1.82) is 0 Å². The lowest BCUT2D eigenvalue weighted by Crippen LogP contribution is -2.49. The van der Waals surface area contributed by atoms with Gasteiger partial charge in [-0.25, -0.2) is 9.37 Å². The SMILES string of the molecule is Cn1c(CN2CCC(c3ccc(C(=O)N4CCC(CN5CCN(c6ccc(N[C@@H]7CCC(=O)NC7=O)cc6F)CC5)CC4)cc3)CC2)cc2c(-c3ccc4[nH]ncc4c3)ccnc21. The molecule has 7 heterocycles. The van der Waals surface area contributed by atoms with Gasteiger partial charge in [-0.3, -0.25) is 34.6 Å². The van der Waals surface area contributed by atoms with Crippen LogP contribution in [0.4, 0.5) is 15.8 Å². The van der Waals surface area contributed by atoms with Gasteiger partial charge in [-0.1, -0.05) is 18.2 Å². The van der Waals surface area contributed by atoms with Gasteiger partial charge in [-0.15, -0.1) is 0 Å². The monoisotopic (exact) mass is 850 g/mol. The smallest absolute Gasteiger partial charge is 0.253 e. The van der Waals surface area contributed by atoms with E-state index in [0.29, 0.717) is 29.6 Å². The number of anilines is 2. The number of carbonyl (C=O) groups excluding carboxylic acids is 3. The number of pyridine rings is 1. The molecule has 14 heteroatoms. The van der Waals surface area contributed by atoms with Gasteiger partial charge in [-0.05, 0) is 128 Å². The fourth-order valence-corrected chi connectivity index (χ4v) is 10.3. The predicted molar refractivity (Wildman–Crippen MR) is 243 cm³/mol. The van der Waals surface area contributed by atoms with Gasteiger partial charge >= 0.3 is 0 Å². The van der Waals surface area contributed by atoms with Gasteiger partial charge in [-0.2, -0.15) is 5.10 Å². The van der Waals surface area contributed by atoms with Gasteiger partial charge in [0.15, 0.2) is 0 Å². The molecule has 0 aliphatic carbocycles. The molecule has 3 amide bonds. The molecule has 0 bridgehead atoms. The van der Waals surface area contributed by atoms with Gasteiger partial charge in [0.2, 0.25) is 11.8 Å². The summed E-state index contributed by atoms with van der Waals surface area (Å²) >= 11 is 0. The number of nitrogens with zero attached hydrogens (tertiary/aromatic N) is 7. The summed E-state index contributed by atoms with van der Waals surface area (Å²) in [6, 6.07) is 23.7. The second-order valence-corrected chi connectivity index (χ2v) is 18.0. The Morgan fingerprint density at radius 3 is 2.40 bits per heavy atom. The Morgan fingerprint density at radius 2 is 1.63 bits per heavy atom. The Labute approximate surface area is 366 Å². The molecule has 10 rings (SSSR count). The molecule has 0 unspecified atom stereocenters. The van der Waals surface area contributed by atoms with E-state index in [4.69, 9.17) is 4.98 Å². The summed E-state index contributed by atoms with van der Waals surface area (Å²) in [5, 5.41) is 14.9. The number of rotatable bonds is 10. The molecule has 0 radical (unpaired) electrons. The van der Waals surface area contributed by atoms with Crippen LogP contribution in [0, 0.1) is 11.7 Å². The number of imide groups is 1. The number of hydrogen-bond donors (Lipinski definition) is 3. The number of aromatic nitrogens is 4. The van der Waals surface area contributed by atoms with Gasteiger partial charge in [0, 0.05) is 99.7 Å². The first kappa shape index (κ1) is 40.9. The maximum atomic E-state index is 15.2. The van der Waals surface area contributed by atoms with E-state index in [2.05, 4.69) is 89.6 Å². The Bertz CT molecular complexity index is 2640. The second-order valence-electron chi connectivity index (χ2n) is 18.0. The van der Waals surface area contributed by atoms with Crippen LogP contribution in [0.2, 0.25) is 0 Å². The molecule has 0 saturated carbocycles. The molecule has 4 saturated heterocycles. The molecule has 326 valence electrons. The van der Waals surface area contributed by atoms with Crippen LogP contribution in [-0.4, -0.2) is 117 Å². The maximum Gasteiger partial charge on any atom is 0.253 e. The fraction of sp³-hybridized carbons (Fsp3) is 0.408. The fourth-order valence-electron chi connectivity index (χ4n) is 10.3. The van der Waals surface area contributed by atoms with Crippen LogP contribution in [0.3, 0.4) is 0 Å². The van der Waals surface area contributed by atoms with Crippen molar-refractivity contribution in [3.63, 3.8) is 0 Å². The van der Waals surface area contributed by atoms with Crippen LogP contribution < -0.4 is 15.5 Å².